The third-order valence-corrected chi connectivity index (χ3v) is 3.54. The highest BCUT2D eigenvalue weighted by molar-refractivity contribution is 6.05. The third-order valence-electron chi connectivity index (χ3n) is 3.54. The highest BCUT2D eigenvalue weighted by Crippen LogP contribution is 2.21. The van der Waals surface area contributed by atoms with Crippen molar-refractivity contribution in [2.24, 2.45) is 0 Å². The van der Waals surface area contributed by atoms with Gasteiger partial charge < -0.3 is 14.8 Å². The highest BCUT2D eigenvalue weighted by Gasteiger charge is 2.17. The summed E-state index contributed by atoms with van der Waals surface area (Å²) in [6.07, 6.45) is 0. The predicted molar refractivity (Wildman–Crippen MR) is 89.3 cm³/mol. The smallest absolute Gasteiger partial charge is 0.327 e. The van der Waals surface area contributed by atoms with Gasteiger partial charge in [-0.15, -0.1) is 0 Å². The molecule has 0 spiro atoms. The standard InChI is InChI=1S/C17H21N3O4/c1-5-24-15(21)10-20-12(3)16(11(2)19-20)18-17(22)13-7-6-8-14(9-13)23-4/h6-9H,5,10H2,1-4H3,(H,18,22). The Kier molecular flexibility index (Phi) is 5.57. The van der Waals surface area contributed by atoms with E-state index < -0.39 is 0 Å². The van der Waals surface area contributed by atoms with E-state index in [9.17, 15) is 9.59 Å². The Morgan fingerprint density at radius 3 is 2.71 bits per heavy atom. The zero-order valence-corrected chi connectivity index (χ0v) is 14.3. The number of nitrogens with zero attached hydrogens (tertiary/aromatic N) is 2. The summed E-state index contributed by atoms with van der Waals surface area (Å²) >= 11 is 0. The van der Waals surface area contributed by atoms with Gasteiger partial charge in [-0.25, -0.2) is 0 Å². The van der Waals surface area contributed by atoms with Crippen molar-refractivity contribution < 1.29 is 19.1 Å². The monoisotopic (exact) mass is 331 g/mol. The minimum atomic E-state index is -0.367. The van der Waals surface area contributed by atoms with Gasteiger partial charge in [0.05, 0.1) is 30.8 Å². The lowest BCUT2D eigenvalue weighted by atomic mass is 10.2. The van der Waals surface area contributed by atoms with Crippen molar-refractivity contribution in [3.63, 3.8) is 0 Å². The van der Waals surface area contributed by atoms with Gasteiger partial charge >= 0.3 is 5.97 Å². The minimum Gasteiger partial charge on any atom is -0.497 e. The molecule has 0 bridgehead atoms. The molecule has 1 N–H and O–H groups in total. The SMILES string of the molecule is CCOC(=O)Cn1nc(C)c(NC(=O)c2cccc(OC)c2)c1C. The number of esters is 1. The van der Waals surface area contributed by atoms with Crippen molar-refractivity contribution in [1.82, 2.24) is 9.78 Å². The second-order valence-electron chi connectivity index (χ2n) is 5.19. The van der Waals surface area contributed by atoms with Crippen molar-refractivity contribution in [2.75, 3.05) is 19.0 Å². The Morgan fingerprint density at radius 1 is 1.29 bits per heavy atom. The number of hydrogen-bond acceptors (Lipinski definition) is 5. The van der Waals surface area contributed by atoms with Crippen molar-refractivity contribution in [1.29, 1.82) is 0 Å². The maximum absolute atomic E-state index is 12.4. The summed E-state index contributed by atoms with van der Waals surface area (Å²) in [5.41, 5.74) is 2.39. The van der Waals surface area contributed by atoms with Crippen LogP contribution in [0.15, 0.2) is 24.3 Å². The molecule has 0 fully saturated rings. The molecule has 1 heterocycles. The molecule has 0 unspecified atom stereocenters. The van der Waals surface area contributed by atoms with Crippen LogP contribution >= 0.6 is 0 Å². The lowest BCUT2D eigenvalue weighted by molar-refractivity contribution is -0.144. The Hall–Kier alpha value is -2.83. The second kappa shape index (κ2) is 7.63. The number of methoxy groups -OCH3 is 1. The van der Waals surface area contributed by atoms with Gasteiger partial charge in [0.15, 0.2) is 0 Å². The molecule has 0 radical (unpaired) electrons. The van der Waals surface area contributed by atoms with Crippen LogP contribution in [0.2, 0.25) is 0 Å². The number of aryl methyl sites for hydroxylation is 1. The number of benzene rings is 1. The van der Waals surface area contributed by atoms with Crippen LogP contribution in [-0.2, 0) is 16.1 Å². The fraction of sp³-hybridized carbons (Fsp3) is 0.353. The van der Waals surface area contributed by atoms with Crippen molar-refractivity contribution in [3.05, 3.63) is 41.2 Å². The van der Waals surface area contributed by atoms with E-state index in [4.69, 9.17) is 9.47 Å². The van der Waals surface area contributed by atoms with Gasteiger partial charge in [-0.1, -0.05) is 6.07 Å². The number of amides is 1. The van der Waals surface area contributed by atoms with Crippen molar-refractivity contribution in [3.8, 4) is 5.75 Å². The number of ether oxygens (including phenoxy) is 2. The number of nitrogens with one attached hydrogen (secondary N) is 1. The topological polar surface area (TPSA) is 82.5 Å². The Labute approximate surface area is 140 Å². The second-order valence-corrected chi connectivity index (χ2v) is 5.19. The molecule has 1 aromatic carbocycles. The molecule has 2 aromatic rings. The summed E-state index contributed by atoms with van der Waals surface area (Å²) in [5, 5.41) is 7.13. The molecular weight excluding hydrogens is 310 g/mol. The minimum absolute atomic E-state index is 0.00947. The summed E-state index contributed by atoms with van der Waals surface area (Å²) in [6, 6.07) is 6.87. The van der Waals surface area contributed by atoms with Gasteiger partial charge in [0, 0.05) is 5.56 Å². The van der Waals surface area contributed by atoms with Gasteiger partial charge in [-0.2, -0.15) is 5.10 Å². The van der Waals surface area contributed by atoms with Gasteiger partial charge in [0.25, 0.3) is 5.91 Å². The van der Waals surface area contributed by atoms with Crippen LogP contribution in [0.4, 0.5) is 5.69 Å². The summed E-state index contributed by atoms with van der Waals surface area (Å²) in [4.78, 5) is 24.0. The molecule has 2 rings (SSSR count). The number of anilines is 1. The molecule has 1 amide bonds. The van der Waals surface area contributed by atoms with E-state index in [2.05, 4.69) is 10.4 Å². The summed E-state index contributed by atoms with van der Waals surface area (Å²) in [5.74, 6) is -0.0290. The Bertz CT molecular complexity index is 752. The molecule has 7 heteroatoms. The van der Waals surface area contributed by atoms with Crippen molar-refractivity contribution >= 4 is 17.6 Å². The summed E-state index contributed by atoms with van der Waals surface area (Å²) < 4.78 is 11.6. The van der Waals surface area contributed by atoms with E-state index in [1.54, 1.807) is 52.1 Å². The van der Waals surface area contributed by atoms with Gasteiger partial charge in [-0.05, 0) is 39.0 Å². The molecule has 0 aliphatic carbocycles. The third kappa shape index (κ3) is 3.92. The van der Waals surface area contributed by atoms with E-state index in [-0.39, 0.29) is 18.4 Å². The number of rotatable bonds is 6. The molecule has 0 saturated carbocycles. The molecular formula is C17H21N3O4. The fourth-order valence-electron chi connectivity index (χ4n) is 2.31. The number of aromatic nitrogens is 2. The Balaban J connectivity index is 2.18. The first-order chi connectivity index (χ1) is 11.5. The van der Waals surface area contributed by atoms with Crippen LogP contribution in [0, 0.1) is 13.8 Å². The maximum atomic E-state index is 12.4. The average molecular weight is 331 g/mol. The first-order valence-electron chi connectivity index (χ1n) is 7.61. The summed E-state index contributed by atoms with van der Waals surface area (Å²) in [7, 11) is 1.55. The number of carbonyl (C=O) groups excluding carboxylic acids is 2. The normalized spacial score (nSPS) is 10.3. The molecule has 0 saturated heterocycles. The molecule has 1 aromatic heterocycles. The highest BCUT2D eigenvalue weighted by atomic mass is 16.5. The van der Waals surface area contributed by atoms with Crippen LogP contribution in [0.1, 0.15) is 28.7 Å². The van der Waals surface area contributed by atoms with E-state index >= 15 is 0 Å². The summed E-state index contributed by atoms with van der Waals surface area (Å²) in [6.45, 7) is 5.64. The molecule has 0 atom stereocenters. The average Bonchev–Trinajstić information content (AvgIpc) is 2.82. The quantitative estimate of drug-likeness (QED) is 0.822. The van der Waals surface area contributed by atoms with E-state index in [1.807, 2.05) is 0 Å². The van der Waals surface area contributed by atoms with Crippen LogP contribution in [0.25, 0.3) is 0 Å². The predicted octanol–water partition coefficient (Wildman–Crippen LogP) is 2.32. The van der Waals surface area contributed by atoms with E-state index in [0.717, 1.165) is 0 Å². The molecule has 24 heavy (non-hydrogen) atoms. The van der Waals surface area contributed by atoms with E-state index in [1.165, 1.54) is 4.68 Å². The number of hydrogen-bond donors (Lipinski definition) is 1. The van der Waals surface area contributed by atoms with Crippen LogP contribution < -0.4 is 10.1 Å². The first-order valence-corrected chi connectivity index (χ1v) is 7.61. The molecule has 7 nitrogen and oxygen atoms in total. The molecule has 0 aliphatic heterocycles. The number of carbonyl (C=O) groups is 2. The van der Waals surface area contributed by atoms with Gasteiger partial charge in [-0.3, -0.25) is 14.3 Å². The van der Waals surface area contributed by atoms with Crippen LogP contribution in [0.3, 0.4) is 0 Å². The zero-order valence-electron chi connectivity index (χ0n) is 14.3. The lowest BCUT2D eigenvalue weighted by Gasteiger charge is -2.08. The zero-order chi connectivity index (χ0) is 17.7. The van der Waals surface area contributed by atoms with Gasteiger partial charge in [0.1, 0.15) is 12.3 Å². The van der Waals surface area contributed by atoms with E-state index in [0.29, 0.717) is 35.0 Å². The van der Waals surface area contributed by atoms with Crippen LogP contribution in [0.5, 0.6) is 5.75 Å². The maximum Gasteiger partial charge on any atom is 0.327 e. The first kappa shape index (κ1) is 17.5. The largest absolute Gasteiger partial charge is 0.497 e. The lowest BCUT2D eigenvalue weighted by Crippen LogP contribution is -2.16. The van der Waals surface area contributed by atoms with Gasteiger partial charge in [0.2, 0.25) is 0 Å². The fourth-order valence-corrected chi connectivity index (χ4v) is 2.31. The molecule has 0 aliphatic rings. The van der Waals surface area contributed by atoms with Crippen LogP contribution in [-0.4, -0.2) is 35.4 Å². The molecule has 128 valence electrons. The Morgan fingerprint density at radius 2 is 2.04 bits per heavy atom. The van der Waals surface area contributed by atoms with Crippen molar-refractivity contribution in [2.45, 2.75) is 27.3 Å².